The van der Waals surface area contributed by atoms with Crippen LogP contribution in [-0.2, 0) is 11.2 Å². The van der Waals surface area contributed by atoms with Crippen molar-refractivity contribution in [3.8, 4) is 0 Å². The van der Waals surface area contributed by atoms with Gasteiger partial charge in [0.25, 0.3) is 0 Å². The smallest absolute Gasteiger partial charge is 0.224 e. The Labute approximate surface area is 119 Å². The third kappa shape index (κ3) is 3.60. The van der Waals surface area contributed by atoms with Gasteiger partial charge >= 0.3 is 0 Å². The monoisotopic (exact) mass is 268 g/mol. The molecule has 1 amide bonds. The average molecular weight is 268 g/mol. The summed E-state index contributed by atoms with van der Waals surface area (Å²) in [4.78, 5) is 11.9. The molecule has 3 heteroatoms. The van der Waals surface area contributed by atoms with Gasteiger partial charge in [-0.05, 0) is 49.1 Å². The van der Waals surface area contributed by atoms with Gasteiger partial charge in [0.15, 0.2) is 0 Å². The number of hydrogen-bond acceptors (Lipinski definition) is 2. The quantitative estimate of drug-likeness (QED) is 0.834. The second kappa shape index (κ2) is 6.24. The van der Waals surface area contributed by atoms with Crippen molar-refractivity contribution in [2.45, 2.75) is 26.7 Å². The Morgan fingerprint density at radius 2 is 1.85 bits per heavy atom. The fourth-order valence-electron chi connectivity index (χ4n) is 2.03. The lowest BCUT2D eigenvalue weighted by atomic mass is 10.1. The van der Waals surface area contributed by atoms with E-state index in [4.69, 9.17) is 5.73 Å². The maximum Gasteiger partial charge on any atom is 0.224 e. The standard InChI is InChI=1S/C17H20N2O/c1-12-7-8-14(11-15(12)18)9-10-17(20)19-16-6-4-3-5-13(16)2/h3-8,11H,9-10,18H2,1-2H3,(H,19,20). The molecule has 0 heterocycles. The SMILES string of the molecule is Cc1ccc(CCC(=O)Nc2ccccc2C)cc1N. The molecular formula is C17H20N2O. The van der Waals surface area contributed by atoms with Crippen LogP contribution in [0.5, 0.6) is 0 Å². The average Bonchev–Trinajstić information content (AvgIpc) is 2.43. The molecule has 0 aliphatic carbocycles. The van der Waals surface area contributed by atoms with Crippen molar-refractivity contribution in [3.63, 3.8) is 0 Å². The zero-order valence-corrected chi connectivity index (χ0v) is 11.9. The molecule has 0 atom stereocenters. The maximum atomic E-state index is 11.9. The predicted octanol–water partition coefficient (Wildman–Crippen LogP) is 3.46. The maximum absolute atomic E-state index is 11.9. The molecule has 0 aromatic heterocycles. The number of nitrogen functional groups attached to an aromatic ring is 1. The van der Waals surface area contributed by atoms with Crippen LogP contribution in [0.2, 0.25) is 0 Å². The molecule has 0 saturated carbocycles. The Morgan fingerprint density at radius 1 is 1.10 bits per heavy atom. The van der Waals surface area contributed by atoms with Crippen molar-refractivity contribution < 1.29 is 4.79 Å². The van der Waals surface area contributed by atoms with Crippen LogP contribution in [0.1, 0.15) is 23.1 Å². The summed E-state index contributed by atoms with van der Waals surface area (Å²) in [5, 5.41) is 2.94. The zero-order chi connectivity index (χ0) is 14.5. The Balaban J connectivity index is 1.92. The summed E-state index contributed by atoms with van der Waals surface area (Å²) in [5.74, 6) is 0.0263. The summed E-state index contributed by atoms with van der Waals surface area (Å²) < 4.78 is 0. The van der Waals surface area contributed by atoms with Gasteiger partial charge < -0.3 is 11.1 Å². The van der Waals surface area contributed by atoms with E-state index < -0.39 is 0 Å². The molecule has 0 bridgehead atoms. The lowest BCUT2D eigenvalue weighted by Crippen LogP contribution is -2.13. The van der Waals surface area contributed by atoms with Crippen molar-refractivity contribution in [1.29, 1.82) is 0 Å². The van der Waals surface area contributed by atoms with Crippen molar-refractivity contribution >= 4 is 17.3 Å². The molecule has 0 unspecified atom stereocenters. The van der Waals surface area contributed by atoms with E-state index >= 15 is 0 Å². The normalized spacial score (nSPS) is 10.3. The molecule has 0 spiro atoms. The van der Waals surface area contributed by atoms with Gasteiger partial charge in [-0.2, -0.15) is 0 Å². The van der Waals surface area contributed by atoms with Gasteiger partial charge in [0.05, 0.1) is 0 Å². The largest absolute Gasteiger partial charge is 0.399 e. The Morgan fingerprint density at radius 3 is 2.55 bits per heavy atom. The van der Waals surface area contributed by atoms with Crippen molar-refractivity contribution in [3.05, 3.63) is 59.2 Å². The number of benzene rings is 2. The Bertz CT molecular complexity index is 620. The molecule has 20 heavy (non-hydrogen) atoms. The van der Waals surface area contributed by atoms with Crippen LogP contribution < -0.4 is 11.1 Å². The Kier molecular flexibility index (Phi) is 4.41. The second-order valence-electron chi connectivity index (χ2n) is 5.05. The molecule has 3 N–H and O–H groups in total. The molecule has 0 saturated heterocycles. The molecule has 0 aliphatic rings. The summed E-state index contributed by atoms with van der Waals surface area (Å²) in [6, 6.07) is 13.7. The minimum absolute atomic E-state index is 0.0263. The lowest BCUT2D eigenvalue weighted by Gasteiger charge is -2.08. The highest BCUT2D eigenvalue weighted by atomic mass is 16.1. The van der Waals surface area contributed by atoms with E-state index in [1.165, 1.54) is 0 Å². The van der Waals surface area contributed by atoms with Crippen LogP contribution in [0.25, 0.3) is 0 Å². The highest BCUT2D eigenvalue weighted by Gasteiger charge is 2.05. The van der Waals surface area contributed by atoms with Crippen LogP contribution in [0.4, 0.5) is 11.4 Å². The fourth-order valence-corrected chi connectivity index (χ4v) is 2.03. The summed E-state index contributed by atoms with van der Waals surface area (Å²) >= 11 is 0. The van der Waals surface area contributed by atoms with Gasteiger partial charge in [0.2, 0.25) is 5.91 Å². The van der Waals surface area contributed by atoms with Gasteiger partial charge in [0.1, 0.15) is 0 Å². The summed E-state index contributed by atoms with van der Waals surface area (Å²) in [6.45, 7) is 3.96. The number of carbonyl (C=O) groups excluding carboxylic acids is 1. The van der Waals surface area contributed by atoms with E-state index in [9.17, 15) is 4.79 Å². The van der Waals surface area contributed by atoms with Crippen LogP contribution in [-0.4, -0.2) is 5.91 Å². The van der Waals surface area contributed by atoms with Crippen molar-refractivity contribution in [2.75, 3.05) is 11.1 Å². The van der Waals surface area contributed by atoms with Gasteiger partial charge in [-0.3, -0.25) is 4.79 Å². The van der Waals surface area contributed by atoms with Crippen LogP contribution in [0.15, 0.2) is 42.5 Å². The van der Waals surface area contributed by atoms with Gasteiger partial charge in [-0.1, -0.05) is 30.3 Å². The molecule has 0 radical (unpaired) electrons. The van der Waals surface area contributed by atoms with E-state index in [1.54, 1.807) is 0 Å². The number of carbonyl (C=O) groups is 1. The molecule has 104 valence electrons. The first-order valence-corrected chi connectivity index (χ1v) is 6.77. The van der Waals surface area contributed by atoms with Crippen LogP contribution in [0.3, 0.4) is 0 Å². The number of anilines is 2. The second-order valence-corrected chi connectivity index (χ2v) is 5.05. The predicted molar refractivity (Wildman–Crippen MR) is 83.7 cm³/mol. The van der Waals surface area contributed by atoms with E-state index in [1.807, 2.05) is 56.3 Å². The highest BCUT2D eigenvalue weighted by molar-refractivity contribution is 5.91. The van der Waals surface area contributed by atoms with Gasteiger partial charge in [0, 0.05) is 17.8 Å². The van der Waals surface area contributed by atoms with E-state index in [-0.39, 0.29) is 5.91 Å². The van der Waals surface area contributed by atoms with Crippen LogP contribution in [0, 0.1) is 13.8 Å². The number of rotatable bonds is 4. The molecule has 2 rings (SSSR count). The first kappa shape index (κ1) is 14.1. The number of hydrogen-bond donors (Lipinski definition) is 2. The number of nitrogens with one attached hydrogen (secondary N) is 1. The first-order valence-electron chi connectivity index (χ1n) is 6.77. The minimum atomic E-state index is 0.0263. The Hall–Kier alpha value is -2.29. The zero-order valence-electron chi connectivity index (χ0n) is 11.9. The molecule has 2 aromatic rings. The van der Waals surface area contributed by atoms with E-state index in [0.29, 0.717) is 12.8 Å². The van der Waals surface area contributed by atoms with Gasteiger partial charge in [-0.25, -0.2) is 0 Å². The number of para-hydroxylation sites is 1. The third-order valence-electron chi connectivity index (χ3n) is 3.40. The van der Waals surface area contributed by atoms with Crippen molar-refractivity contribution in [1.82, 2.24) is 0 Å². The number of amides is 1. The molecule has 0 fully saturated rings. The summed E-state index contributed by atoms with van der Waals surface area (Å²) in [5.41, 5.74) is 10.8. The van der Waals surface area contributed by atoms with Crippen molar-refractivity contribution in [2.24, 2.45) is 0 Å². The highest BCUT2D eigenvalue weighted by Crippen LogP contribution is 2.16. The first-order chi connectivity index (χ1) is 9.56. The topological polar surface area (TPSA) is 55.1 Å². The van der Waals surface area contributed by atoms with Gasteiger partial charge in [-0.15, -0.1) is 0 Å². The molecule has 0 aliphatic heterocycles. The molecular weight excluding hydrogens is 248 g/mol. The minimum Gasteiger partial charge on any atom is -0.399 e. The van der Waals surface area contributed by atoms with Crippen LogP contribution >= 0.6 is 0 Å². The van der Waals surface area contributed by atoms with E-state index in [2.05, 4.69) is 5.32 Å². The van der Waals surface area contributed by atoms with E-state index in [0.717, 1.165) is 28.1 Å². The summed E-state index contributed by atoms with van der Waals surface area (Å²) in [6.07, 6.45) is 1.15. The number of nitrogens with two attached hydrogens (primary N) is 1. The fraction of sp³-hybridized carbons (Fsp3) is 0.235. The lowest BCUT2D eigenvalue weighted by molar-refractivity contribution is -0.116. The number of aryl methyl sites for hydroxylation is 3. The molecule has 2 aromatic carbocycles. The summed E-state index contributed by atoms with van der Waals surface area (Å²) in [7, 11) is 0. The molecule has 3 nitrogen and oxygen atoms in total. The third-order valence-corrected chi connectivity index (χ3v) is 3.40.